The highest BCUT2D eigenvalue weighted by atomic mass is 16.7. The summed E-state index contributed by atoms with van der Waals surface area (Å²) in [5.74, 6) is -0.797. The Morgan fingerprint density at radius 2 is 1.30 bits per heavy atom. The van der Waals surface area contributed by atoms with Gasteiger partial charge in [0.1, 0.15) is 61.0 Å². The Hall–Kier alpha value is -1.25. The Morgan fingerprint density at radius 3 is 1.94 bits per heavy atom. The molecule has 20 heteroatoms. The van der Waals surface area contributed by atoms with Crippen LogP contribution in [0.1, 0.15) is 99.8 Å². The molecular weight excluding hydrogens is 884 g/mol. The van der Waals surface area contributed by atoms with Crippen LogP contribution in [-0.2, 0) is 38.0 Å². The van der Waals surface area contributed by atoms with Crippen molar-refractivity contribution in [1.82, 2.24) is 0 Å². The predicted molar refractivity (Wildman–Crippen MR) is 231 cm³/mol. The average Bonchev–Trinajstić information content (AvgIpc) is 3.55. The van der Waals surface area contributed by atoms with Crippen molar-refractivity contribution in [2.24, 2.45) is 52.3 Å². The average molecular weight is 965 g/mol. The smallest absolute Gasteiger partial charge is 0.303 e. The molecule has 7 aliphatic rings. The minimum atomic E-state index is -1.70. The van der Waals surface area contributed by atoms with Gasteiger partial charge in [-0.15, -0.1) is 0 Å². The van der Waals surface area contributed by atoms with Gasteiger partial charge in [-0.05, 0) is 111 Å². The van der Waals surface area contributed by atoms with E-state index in [0.29, 0.717) is 38.5 Å². The largest absolute Gasteiger partial charge is 0.457 e. The van der Waals surface area contributed by atoms with E-state index in [4.69, 9.17) is 33.2 Å². The molecule has 4 aliphatic carbocycles. The minimum absolute atomic E-state index is 0.115. The van der Waals surface area contributed by atoms with Crippen molar-refractivity contribution in [3.8, 4) is 0 Å². The maximum atomic E-state index is 12.0. The maximum Gasteiger partial charge on any atom is 0.303 e. The van der Waals surface area contributed by atoms with E-state index in [0.717, 1.165) is 12.8 Å². The number of ether oxygens (including phenoxy) is 7. The number of fused-ring (bicyclic) bond motifs is 5. The number of rotatable bonds is 14. The summed E-state index contributed by atoms with van der Waals surface area (Å²) in [6.07, 6.45) is -20.2. The van der Waals surface area contributed by atoms with Crippen LogP contribution < -0.4 is 0 Å². The van der Waals surface area contributed by atoms with Gasteiger partial charge in [0.05, 0.1) is 49.8 Å². The number of carbonyl (C=O) groups is 1. The summed E-state index contributed by atoms with van der Waals surface area (Å²) < 4.78 is 40.5. The van der Waals surface area contributed by atoms with Crippen molar-refractivity contribution in [3.63, 3.8) is 0 Å². The van der Waals surface area contributed by atoms with E-state index >= 15 is 0 Å². The molecule has 3 heterocycles. The van der Waals surface area contributed by atoms with E-state index in [2.05, 4.69) is 13.8 Å². The van der Waals surface area contributed by atoms with E-state index in [-0.39, 0.29) is 52.3 Å². The normalized spacial score (nSPS) is 51.6. The van der Waals surface area contributed by atoms with Crippen LogP contribution in [0.3, 0.4) is 0 Å². The Balaban J connectivity index is 0.963. The van der Waals surface area contributed by atoms with Crippen molar-refractivity contribution in [3.05, 3.63) is 0 Å². The summed E-state index contributed by atoms with van der Waals surface area (Å²) in [6, 6.07) is 0. The number of carbonyl (C=O) groups excluding carboxylic acids is 1. The van der Waals surface area contributed by atoms with Gasteiger partial charge < -0.3 is 94.4 Å². The summed E-state index contributed by atoms with van der Waals surface area (Å²) in [7, 11) is 0. The molecule has 20 nitrogen and oxygen atoms in total. The summed E-state index contributed by atoms with van der Waals surface area (Å²) in [5, 5.41) is 130. The lowest BCUT2D eigenvalue weighted by atomic mass is 9.43. The van der Waals surface area contributed by atoms with Gasteiger partial charge in [-0.2, -0.15) is 0 Å². The zero-order valence-corrected chi connectivity index (χ0v) is 39.8. The summed E-state index contributed by atoms with van der Waals surface area (Å²) in [6.45, 7) is 12.0. The van der Waals surface area contributed by atoms with E-state index in [1.807, 2.05) is 20.8 Å². The van der Waals surface area contributed by atoms with Gasteiger partial charge in [-0.1, -0.05) is 34.6 Å². The Kier molecular flexibility index (Phi) is 16.8. The van der Waals surface area contributed by atoms with E-state index in [9.17, 15) is 66.1 Å². The highest BCUT2D eigenvalue weighted by molar-refractivity contribution is 5.66. The number of hydrogen-bond acceptors (Lipinski definition) is 20. The van der Waals surface area contributed by atoms with Gasteiger partial charge in [0, 0.05) is 6.92 Å². The summed E-state index contributed by atoms with van der Waals surface area (Å²) in [5.41, 5.74) is -0.553. The van der Waals surface area contributed by atoms with Crippen molar-refractivity contribution < 1.29 is 99.2 Å². The molecule has 3 saturated heterocycles. The lowest BCUT2D eigenvalue weighted by Crippen LogP contribution is -2.62. The monoisotopic (exact) mass is 965 g/mol. The first kappa shape index (κ1) is 53.5. The molecule has 28 atom stereocenters. The van der Waals surface area contributed by atoms with Crippen LogP contribution in [0.25, 0.3) is 0 Å². The van der Waals surface area contributed by atoms with Crippen molar-refractivity contribution in [2.75, 3.05) is 13.2 Å². The fraction of sp³-hybridized carbons (Fsp3) is 0.979. The van der Waals surface area contributed by atoms with Gasteiger partial charge in [0.15, 0.2) is 25.0 Å². The molecule has 0 aromatic rings. The van der Waals surface area contributed by atoms with Gasteiger partial charge in [0.2, 0.25) is 0 Å². The molecule has 0 unspecified atom stereocenters. The van der Waals surface area contributed by atoms with Crippen molar-refractivity contribution in [1.29, 1.82) is 0 Å². The third-order valence-corrected chi connectivity index (χ3v) is 17.6. The lowest BCUT2D eigenvalue weighted by molar-refractivity contribution is -0.338. The molecule has 0 amide bonds. The molecule has 7 fully saturated rings. The Labute approximate surface area is 392 Å². The second kappa shape index (κ2) is 21.1. The van der Waals surface area contributed by atoms with Crippen molar-refractivity contribution in [2.45, 2.75) is 222 Å². The molecule has 12 N–H and O–H groups in total. The third-order valence-electron chi connectivity index (χ3n) is 17.6. The maximum absolute atomic E-state index is 12.0. The fourth-order valence-electron chi connectivity index (χ4n) is 14.2. The van der Waals surface area contributed by atoms with Crippen LogP contribution in [0, 0.1) is 52.3 Å². The van der Waals surface area contributed by atoms with Crippen LogP contribution >= 0.6 is 0 Å². The number of esters is 1. The van der Waals surface area contributed by atoms with Crippen LogP contribution in [0.15, 0.2) is 0 Å². The molecule has 0 bridgehead atoms. The number of hydrogen-bond donors (Lipinski definition) is 12. The molecule has 0 aromatic heterocycles. The van der Waals surface area contributed by atoms with Crippen LogP contribution in [0.5, 0.6) is 0 Å². The highest BCUT2D eigenvalue weighted by Crippen LogP contribution is 2.68. The van der Waals surface area contributed by atoms with E-state index in [1.165, 1.54) is 6.92 Å². The fourth-order valence-corrected chi connectivity index (χ4v) is 14.2. The predicted octanol–water partition coefficient (Wildman–Crippen LogP) is -1.58. The Morgan fingerprint density at radius 1 is 0.687 bits per heavy atom. The third kappa shape index (κ3) is 10.2. The van der Waals surface area contributed by atoms with Crippen LogP contribution in [0.2, 0.25) is 0 Å². The number of aliphatic hydroxyl groups excluding tert-OH is 12. The molecule has 0 spiro atoms. The van der Waals surface area contributed by atoms with Gasteiger partial charge in [0.25, 0.3) is 0 Å². The molecule has 67 heavy (non-hydrogen) atoms. The molecule has 4 saturated carbocycles. The summed E-state index contributed by atoms with van der Waals surface area (Å²) in [4.78, 5) is 11.6. The van der Waals surface area contributed by atoms with Gasteiger partial charge in [-0.25, -0.2) is 0 Å². The zero-order valence-electron chi connectivity index (χ0n) is 39.8. The topological polar surface area (TPSA) is 324 Å². The van der Waals surface area contributed by atoms with Crippen LogP contribution in [-0.4, -0.2) is 203 Å². The zero-order chi connectivity index (χ0) is 49.2. The molecular formula is C47H80O20. The first-order valence-electron chi connectivity index (χ1n) is 24.6. The highest BCUT2D eigenvalue weighted by Gasteiger charge is 2.65. The second-order valence-corrected chi connectivity index (χ2v) is 22.1. The quantitative estimate of drug-likeness (QED) is 0.0691. The number of aliphatic hydroxyl groups is 12. The standard InChI is InChI=1S/C47H80O20/c1-18(2)41(67-44-40(60)37(57)42(20(4)62-44)63-21(5)49)29(52)12-19(3)32-28(51)15-25-23-14-27(50)26-13-22(8-10-46(26,6)24(23)9-11-47(25,32)7)64-45-39(59)36(56)34(54)31(66-45)17-61-43-38(58)35(55)33(53)30(16-48)65-43/h18-20,22-45,48,50-60H,8-17H2,1-7H3/t19-,20+,22-,23+,24+,25+,26+,27+,28-,29+,30+,31+,32-,33+,34+,35-,36-,37-,38+,39+,40+,41-,42+,43+,44-,45+,46+,47-/m0/s1. The van der Waals surface area contributed by atoms with Gasteiger partial charge >= 0.3 is 5.97 Å². The first-order chi connectivity index (χ1) is 31.4. The van der Waals surface area contributed by atoms with Gasteiger partial charge in [-0.3, -0.25) is 4.79 Å². The van der Waals surface area contributed by atoms with Crippen molar-refractivity contribution >= 4 is 5.97 Å². The molecule has 0 aromatic carbocycles. The molecule has 388 valence electrons. The van der Waals surface area contributed by atoms with Crippen LogP contribution in [0.4, 0.5) is 0 Å². The minimum Gasteiger partial charge on any atom is -0.457 e. The SMILES string of the molecule is CC(=O)O[C@H]1[C@@H](O)[C@@H](O)[C@H](O[C@@H](C(C)C)[C@H](O)C[C@H](C)[C@H]2[C@@H](O)C[C@@H]3[C@@H]4C[C@@H](O)[C@H]5C[C@@H](O[C@@H]6O[C@H](CO[C@@H]7O[C@H](CO)[C@@H](O)[C@H](O)[C@H]7O)[C@@H](O)[C@H](O)[C@H]6O)CC[C@]5(C)[C@@H]4CC[C@]23C)O[C@@H]1C. The van der Waals surface area contributed by atoms with E-state index in [1.54, 1.807) is 6.92 Å². The lowest BCUT2D eigenvalue weighted by Gasteiger charge is -2.62. The Bertz CT molecular complexity index is 1640. The van der Waals surface area contributed by atoms with E-state index < -0.39 is 142 Å². The second-order valence-electron chi connectivity index (χ2n) is 22.1. The summed E-state index contributed by atoms with van der Waals surface area (Å²) >= 11 is 0. The molecule has 3 aliphatic heterocycles. The first-order valence-corrected chi connectivity index (χ1v) is 24.6. The molecule has 7 rings (SSSR count). The molecule has 0 radical (unpaired) electrons.